The zero-order valence-electron chi connectivity index (χ0n) is 14.2. The molecule has 2 aromatic rings. The first-order valence-electron chi connectivity index (χ1n) is 7.41. The minimum Gasteiger partial charge on any atom is -0.490 e. The van der Waals surface area contributed by atoms with Crippen LogP contribution in [-0.4, -0.2) is 31.1 Å². The van der Waals surface area contributed by atoms with Gasteiger partial charge in [0.25, 0.3) is 5.91 Å². The van der Waals surface area contributed by atoms with Crippen molar-refractivity contribution >= 4 is 28.3 Å². The summed E-state index contributed by atoms with van der Waals surface area (Å²) in [4.78, 5) is 40.6. The van der Waals surface area contributed by atoms with Crippen molar-refractivity contribution in [2.75, 3.05) is 19.5 Å². The summed E-state index contributed by atoms with van der Waals surface area (Å²) in [5, 5.41) is 2.74. The van der Waals surface area contributed by atoms with Crippen LogP contribution in [0.2, 0.25) is 0 Å². The number of amides is 1. The molecule has 0 saturated heterocycles. The molecule has 0 spiro atoms. The van der Waals surface area contributed by atoms with Gasteiger partial charge in [0.05, 0.1) is 14.2 Å². The van der Waals surface area contributed by atoms with Crippen LogP contribution in [0.15, 0.2) is 21.5 Å². The van der Waals surface area contributed by atoms with E-state index in [1.807, 2.05) is 13.8 Å². The van der Waals surface area contributed by atoms with Crippen LogP contribution in [0.4, 0.5) is 5.13 Å². The molecule has 2 rings (SSSR count). The van der Waals surface area contributed by atoms with Gasteiger partial charge in [-0.05, 0) is 12.3 Å². The highest BCUT2D eigenvalue weighted by molar-refractivity contribution is 7.16. The molecule has 2 heterocycles. The van der Waals surface area contributed by atoms with Crippen LogP contribution in [0.3, 0.4) is 0 Å². The molecule has 8 nitrogen and oxygen atoms in total. The van der Waals surface area contributed by atoms with Crippen molar-refractivity contribution < 1.29 is 23.5 Å². The highest BCUT2D eigenvalue weighted by Crippen LogP contribution is 2.26. The maximum Gasteiger partial charge on any atom is 0.357 e. The predicted molar refractivity (Wildman–Crippen MR) is 91.5 cm³/mol. The Hall–Kier alpha value is -2.68. The number of carbonyl (C=O) groups excluding carboxylic acids is 2. The fraction of sp³-hybridized carbons (Fsp3) is 0.375. The van der Waals surface area contributed by atoms with Gasteiger partial charge in [0.15, 0.2) is 16.6 Å². The van der Waals surface area contributed by atoms with Crippen molar-refractivity contribution in [2.45, 2.75) is 20.3 Å². The number of methoxy groups -OCH3 is 2. The van der Waals surface area contributed by atoms with Crippen LogP contribution < -0.4 is 15.5 Å². The quantitative estimate of drug-likeness (QED) is 0.782. The first-order chi connectivity index (χ1) is 11.8. The monoisotopic (exact) mass is 366 g/mol. The van der Waals surface area contributed by atoms with Gasteiger partial charge < -0.3 is 13.9 Å². The first kappa shape index (κ1) is 18.7. The average molecular weight is 366 g/mol. The first-order valence-corrected chi connectivity index (χ1v) is 8.23. The van der Waals surface area contributed by atoms with Crippen LogP contribution in [0.5, 0.6) is 5.75 Å². The van der Waals surface area contributed by atoms with Crippen LogP contribution >= 0.6 is 11.3 Å². The maximum absolute atomic E-state index is 12.2. The number of hydrogen-bond acceptors (Lipinski definition) is 8. The number of hydrogen-bond donors (Lipinski definition) is 1. The second-order valence-electron chi connectivity index (χ2n) is 5.51. The summed E-state index contributed by atoms with van der Waals surface area (Å²) in [6.07, 6.45) is 1.68. The molecule has 0 aromatic carbocycles. The molecule has 0 atom stereocenters. The molecule has 0 aliphatic carbocycles. The maximum atomic E-state index is 12.2. The number of ether oxygens (including phenoxy) is 2. The smallest absolute Gasteiger partial charge is 0.357 e. The number of nitrogens with one attached hydrogen (secondary N) is 1. The van der Waals surface area contributed by atoms with Crippen LogP contribution in [-0.2, 0) is 11.2 Å². The Labute approximate surface area is 147 Å². The second kappa shape index (κ2) is 7.93. The number of anilines is 1. The third-order valence-corrected chi connectivity index (χ3v) is 4.12. The van der Waals surface area contributed by atoms with Crippen molar-refractivity contribution in [1.29, 1.82) is 0 Å². The fourth-order valence-corrected chi connectivity index (χ4v) is 3.15. The molecular formula is C16H18N2O6S. The van der Waals surface area contributed by atoms with E-state index in [2.05, 4.69) is 10.3 Å². The van der Waals surface area contributed by atoms with Crippen LogP contribution in [0.1, 0.15) is 39.8 Å². The van der Waals surface area contributed by atoms with E-state index in [1.54, 1.807) is 0 Å². The summed E-state index contributed by atoms with van der Waals surface area (Å²) in [5.41, 5.74) is -0.304. The number of carbonyl (C=O) groups is 2. The van der Waals surface area contributed by atoms with Gasteiger partial charge in [0, 0.05) is 10.9 Å². The summed E-state index contributed by atoms with van der Waals surface area (Å²) in [7, 11) is 2.59. The van der Waals surface area contributed by atoms with Gasteiger partial charge in [-0.25, -0.2) is 9.78 Å². The number of aromatic nitrogens is 1. The second-order valence-corrected chi connectivity index (χ2v) is 6.60. The molecule has 1 amide bonds. The molecule has 134 valence electrons. The standard InChI is InChI=1S/C16H18N2O6S/c1-8(2)5-12-13(15(21)23-4)17-16(25-12)18-14(20)10-6-9(19)11(22-3)7-24-10/h6-8H,5H2,1-4H3,(H,17,18,20). The van der Waals surface area contributed by atoms with Crippen molar-refractivity contribution in [3.05, 3.63) is 38.9 Å². The minimum absolute atomic E-state index is 0.00186. The van der Waals surface area contributed by atoms with Crippen LogP contribution in [0, 0.1) is 5.92 Å². The summed E-state index contributed by atoms with van der Waals surface area (Å²) in [5.74, 6) is -1.11. The Morgan fingerprint density at radius 2 is 2.08 bits per heavy atom. The molecule has 0 saturated carbocycles. The van der Waals surface area contributed by atoms with Crippen molar-refractivity contribution in [3.8, 4) is 5.75 Å². The largest absolute Gasteiger partial charge is 0.490 e. The van der Waals surface area contributed by atoms with E-state index in [0.717, 1.165) is 12.3 Å². The topological polar surface area (TPSA) is 108 Å². The zero-order valence-corrected chi connectivity index (χ0v) is 15.1. The van der Waals surface area contributed by atoms with Crippen molar-refractivity contribution in [1.82, 2.24) is 4.98 Å². The SMILES string of the molecule is COC(=O)c1nc(NC(=O)c2cc(=O)c(OC)co2)sc1CC(C)C. The van der Waals surface area contributed by atoms with E-state index in [-0.39, 0.29) is 22.3 Å². The van der Waals surface area contributed by atoms with Gasteiger partial charge in [-0.1, -0.05) is 13.8 Å². The van der Waals surface area contributed by atoms with Gasteiger partial charge in [0.1, 0.15) is 6.26 Å². The number of thiazole rings is 1. The van der Waals surface area contributed by atoms with E-state index in [1.165, 1.54) is 25.6 Å². The van der Waals surface area contributed by atoms with Gasteiger partial charge in [0.2, 0.25) is 11.2 Å². The van der Waals surface area contributed by atoms with Gasteiger partial charge in [-0.3, -0.25) is 14.9 Å². The summed E-state index contributed by atoms with van der Waals surface area (Å²) >= 11 is 1.18. The lowest BCUT2D eigenvalue weighted by molar-refractivity contribution is 0.0593. The molecule has 0 bridgehead atoms. The molecule has 0 unspecified atom stereocenters. The lowest BCUT2D eigenvalue weighted by Gasteiger charge is -2.02. The van der Waals surface area contributed by atoms with E-state index < -0.39 is 17.3 Å². The average Bonchev–Trinajstić information content (AvgIpc) is 2.95. The Bertz CT molecular complexity index is 839. The Morgan fingerprint density at radius 1 is 1.36 bits per heavy atom. The van der Waals surface area contributed by atoms with Gasteiger partial charge >= 0.3 is 5.97 Å². The third kappa shape index (κ3) is 4.44. The molecule has 25 heavy (non-hydrogen) atoms. The Balaban J connectivity index is 2.25. The molecular weight excluding hydrogens is 348 g/mol. The third-order valence-electron chi connectivity index (χ3n) is 3.13. The molecule has 1 N–H and O–H groups in total. The summed E-state index contributed by atoms with van der Waals surface area (Å²) in [6, 6.07) is 1.03. The molecule has 0 radical (unpaired) electrons. The highest BCUT2D eigenvalue weighted by Gasteiger charge is 2.21. The van der Waals surface area contributed by atoms with E-state index in [4.69, 9.17) is 13.9 Å². The minimum atomic E-state index is -0.652. The number of nitrogens with zero attached hydrogens (tertiary/aromatic N) is 1. The Morgan fingerprint density at radius 3 is 2.64 bits per heavy atom. The molecule has 0 aliphatic heterocycles. The Kier molecular flexibility index (Phi) is 5.92. The number of esters is 1. The molecule has 9 heteroatoms. The van der Waals surface area contributed by atoms with Crippen molar-refractivity contribution in [2.24, 2.45) is 5.92 Å². The zero-order chi connectivity index (χ0) is 18.6. The normalized spacial score (nSPS) is 10.6. The summed E-state index contributed by atoms with van der Waals surface area (Å²) < 4.78 is 14.6. The highest BCUT2D eigenvalue weighted by atomic mass is 32.1. The van der Waals surface area contributed by atoms with Crippen molar-refractivity contribution in [3.63, 3.8) is 0 Å². The van der Waals surface area contributed by atoms with E-state index in [0.29, 0.717) is 17.2 Å². The lowest BCUT2D eigenvalue weighted by atomic mass is 10.1. The van der Waals surface area contributed by atoms with E-state index in [9.17, 15) is 14.4 Å². The van der Waals surface area contributed by atoms with Crippen LogP contribution in [0.25, 0.3) is 0 Å². The van der Waals surface area contributed by atoms with Gasteiger partial charge in [-0.2, -0.15) is 0 Å². The predicted octanol–water partition coefficient (Wildman–Crippen LogP) is 2.34. The lowest BCUT2D eigenvalue weighted by Crippen LogP contribution is -2.15. The summed E-state index contributed by atoms with van der Waals surface area (Å²) in [6.45, 7) is 4.01. The number of rotatable bonds is 6. The molecule has 0 aliphatic rings. The van der Waals surface area contributed by atoms with Gasteiger partial charge in [-0.15, -0.1) is 11.3 Å². The van der Waals surface area contributed by atoms with E-state index >= 15 is 0 Å². The molecule has 0 fully saturated rings. The fourth-order valence-electron chi connectivity index (χ4n) is 2.00. The molecule has 2 aromatic heterocycles.